The molecule has 1 fully saturated rings. The first-order chi connectivity index (χ1) is 9.20. The lowest BCUT2D eigenvalue weighted by molar-refractivity contribution is -0.130. The smallest absolute Gasteiger partial charge is 0.237 e. The second-order valence-corrected chi connectivity index (χ2v) is 5.40. The number of piperidine rings is 1. The van der Waals surface area contributed by atoms with Gasteiger partial charge in [0.15, 0.2) is 0 Å². The van der Waals surface area contributed by atoms with Gasteiger partial charge in [0.25, 0.3) is 0 Å². The Morgan fingerprint density at radius 1 is 1.42 bits per heavy atom. The molecule has 104 valence electrons. The summed E-state index contributed by atoms with van der Waals surface area (Å²) < 4.78 is 5.74. The summed E-state index contributed by atoms with van der Waals surface area (Å²) >= 11 is 11.6. The Balaban J connectivity index is 1.86. The SMILES string of the molecule is O=C(CCl)N1CCCC(COc2ccccc2Cl)C1. The van der Waals surface area contributed by atoms with Crippen LogP contribution in [-0.4, -0.2) is 36.4 Å². The van der Waals surface area contributed by atoms with E-state index in [4.69, 9.17) is 27.9 Å². The molecular weight excluding hydrogens is 285 g/mol. The number of carbonyl (C=O) groups is 1. The number of nitrogens with zero attached hydrogens (tertiary/aromatic N) is 1. The van der Waals surface area contributed by atoms with E-state index in [1.807, 2.05) is 23.1 Å². The molecule has 5 heteroatoms. The van der Waals surface area contributed by atoms with Gasteiger partial charge in [-0.05, 0) is 25.0 Å². The van der Waals surface area contributed by atoms with Crippen LogP contribution in [-0.2, 0) is 4.79 Å². The Kier molecular flexibility index (Phi) is 5.34. The molecule has 0 aromatic heterocycles. The molecule has 1 aromatic carbocycles. The molecule has 0 N–H and O–H groups in total. The Morgan fingerprint density at radius 2 is 2.21 bits per heavy atom. The molecule has 1 heterocycles. The monoisotopic (exact) mass is 301 g/mol. The van der Waals surface area contributed by atoms with Crippen molar-refractivity contribution in [2.24, 2.45) is 5.92 Å². The van der Waals surface area contributed by atoms with Crippen LogP contribution in [0.1, 0.15) is 12.8 Å². The topological polar surface area (TPSA) is 29.5 Å². The zero-order valence-corrected chi connectivity index (χ0v) is 12.2. The van der Waals surface area contributed by atoms with Crippen LogP contribution >= 0.6 is 23.2 Å². The van der Waals surface area contributed by atoms with Gasteiger partial charge in [-0.25, -0.2) is 0 Å². The average Bonchev–Trinajstić information content (AvgIpc) is 2.46. The Hall–Kier alpha value is -0.930. The first-order valence-electron chi connectivity index (χ1n) is 6.41. The molecule has 0 bridgehead atoms. The predicted molar refractivity (Wildman–Crippen MR) is 77.0 cm³/mol. The maximum atomic E-state index is 11.6. The van der Waals surface area contributed by atoms with E-state index in [1.54, 1.807) is 6.07 Å². The molecule has 1 saturated heterocycles. The minimum Gasteiger partial charge on any atom is -0.492 e. The van der Waals surface area contributed by atoms with Crippen LogP contribution in [0.25, 0.3) is 0 Å². The number of amides is 1. The summed E-state index contributed by atoms with van der Waals surface area (Å²) in [6.07, 6.45) is 2.07. The highest BCUT2D eigenvalue weighted by Crippen LogP contribution is 2.25. The van der Waals surface area contributed by atoms with Crippen LogP contribution in [0.4, 0.5) is 0 Å². The number of alkyl halides is 1. The summed E-state index contributed by atoms with van der Waals surface area (Å²) in [5, 5.41) is 0.618. The van der Waals surface area contributed by atoms with Crippen LogP contribution in [0.15, 0.2) is 24.3 Å². The lowest BCUT2D eigenvalue weighted by Gasteiger charge is -2.32. The van der Waals surface area contributed by atoms with Gasteiger partial charge in [-0.3, -0.25) is 4.79 Å². The van der Waals surface area contributed by atoms with E-state index in [1.165, 1.54) is 0 Å². The number of likely N-dealkylation sites (tertiary alicyclic amines) is 1. The summed E-state index contributed by atoms with van der Waals surface area (Å²) in [4.78, 5) is 13.4. The minimum absolute atomic E-state index is 0.00381. The number of halogens is 2. The molecular formula is C14H17Cl2NO2. The van der Waals surface area contributed by atoms with Crippen molar-refractivity contribution in [3.05, 3.63) is 29.3 Å². The minimum atomic E-state index is 0.00381. The Morgan fingerprint density at radius 3 is 2.95 bits per heavy atom. The molecule has 1 aliphatic heterocycles. The fourth-order valence-corrected chi connectivity index (χ4v) is 2.64. The highest BCUT2D eigenvalue weighted by molar-refractivity contribution is 6.32. The third-order valence-corrected chi connectivity index (χ3v) is 3.84. The van der Waals surface area contributed by atoms with Gasteiger partial charge in [-0.15, -0.1) is 11.6 Å². The van der Waals surface area contributed by atoms with Crippen molar-refractivity contribution in [3.8, 4) is 5.75 Å². The van der Waals surface area contributed by atoms with E-state index in [-0.39, 0.29) is 11.8 Å². The summed E-state index contributed by atoms with van der Waals surface area (Å²) in [5.74, 6) is 1.10. The molecule has 3 nitrogen and oxygen atoms in total. The molecule has 0 radical (unpaired) electrons. The molecule has 0 aliphatic carbocycles. The van der Waals surface area contributed by atoms with Crippen LogP contribution in [0.3, 0.4) is 0 Å². The van der Waals surface area contributed by atoms with Crippen molar-refractivity contribution in [2.45, 2.75) is 12.8 Å². The zero-order valence-electron chi connectivity index (χ0n) is 10.6. The van der Waals surface area contributed by atoms with Gasteiger partial charge < -0.3 is 9.64 Å². The second-order valence-electron chi connectivity index (χ2n) is 4.72. The highest BCUT2D eigenvalue weighted by atomic mass is 35.5. The molecule has 2 rings (SSSR count). The number of benzene rings is 1. The zero-order chi connectivity index (χ0) is 13.7. The highest BCUT2D eigenvalue weighted by Gasteiger charge is 2.23. The fourth-order valence-electron chi connectivity index (χ4n) is 2.28. The van der Waals surface area contributed by atoms with E-state index in [9.17, 15) is 4.79 Å². The third-order valence-electron chi connectivity index (χ3n) is 3.30. The molecule has 0 saturated carbocycles. The first kappa shape index (κ1) is 14.5. The third kappa shape index (κ3) is 4.02. The molecule has 1 unspecified atom stereocenters. The van der Waals surface area contributed by atoms with Crippen LogP contribution in [0.2, 0.25) is 5.02 Å². The maximum Gasteiger partial charge on any atom is 0.237 e. The standard InChI is InChI=1S/C14H17Cl2NO2/c15-8-14(18)17-7-3-4-11(9-17)10-19-13-6-2-1-5-12(13)16/h1-2,5-6,11H,3-4,7-10H2. The van der Waals surface area contributed by atoms with Crippen LogP contribution in [0.5, 0.6) is 5.75 Å². The normalized spacial score (nSPS) is 19.3. The van der Waals surface area contributed by atoms with E-state index in [0.29, 0.717) is 23.3 Å². The number of para-hydroxylation sites is 1. The molecule has 1 amide bonds. The van der Waals surface area contributed by atoms with E-state index < -0.39 is 0 Å². The summed E-state index contributed by atoms with van der Waals surface area (Å²) in [6.45, 7) is 2.10. The number of ether oxygens (including phenoxy) is 1. The van der Waals surface area contributed by atoms with Crippen molar-refractivity contribution in [1.29, 1.82) is 0 Å². The number of hydrogen-bond acceptors (Lipinski definition) is 2. The Labute approximate surface area is 123 Å². The Bertz CT molecular complexity index is 439. The summed E-state index contributed by atoms with van der Waals surface area (Å²) in [6, 6.07) is 7.43. The number of hydrogen-bond donors (Lipinski definition) is 0. The van der Waals surface area contributed by atoms with Gasteiger partial charge in [0.1, 0.15) is 11.6 Å². The maximum absolute atomic E-state index is 11.6. The summed E-state index contributed by atoms with van der Waals surface area (Å²) in [5.41, 5.74) is 0. The second kappa shape index (κ2) is 7.01. The van der Waals surface area contributed by atoms with Crippen LogP contribution < -0.4 is 4.74 Å². The quantitative estimate of drug-likeness (QED) is 0.799. The lowest BCUT2D eigenvalue weighted by atomic mass is 9.99. The lowest BCUT2D eigenvalue weighted by Crippen LogP contribution is -2.42. The van der Waals surface area contributed by atoms with Crippen molar-refractivity contribution in [1.82, 2.24) is 4.90 Å². The van der Waals surface area contributed by atoms with Crippen LogP contribution in [0, 0.1) is 5.92 Å². The van der Waals surface area contributed by atoms with E-state index in [2.05, 4.69) is 0 Å². The van der Waals surface area contributed by atoms with Crippen molar-refractivity contribution < 1.29 is 9.53 Å². The van der Waals surface area contributed by atoms with Gasteiger partial charge in [0, 0.05) is 19.0 Å². The van der Waals surface area contributed by atoms with Gasteiger partial charge in [0.2, 0.25) is 5.91 Å². The molecule has 1 aliphatic rings. The number of carbonyl (C=O) groups excluding carboxylic acids is 1. The molecule has 1 aromatic rings. The van der Waals surface area contributed by atoms with Crippen molar-refractivity contribution in [3.63, 3.8) is 0 Å². The predicted octanol–water partition coefficient (Wildman–Crippen LogP) is 3.20. The molecule has 0 spiro atoms. The van der Waals surface area contributed by atoms with Gasteiger partial charge in [0.05, 0.1) is 11.6 Å². The number of rotatable bonds is 4. The summed E-state index contributed by atoms with van der Waals surface area (Å²) in [7, 11) is 0. The van der Waals surface area contributed by atoms with Crippen molar-refractivity contribution in [2.75, 3.05) is 25.6 Å². The van der Waals surface area contributed by atoms with Crippen molar-refractivity contribution >= 4 is 29.1 Å². The average molecular weight is 302 g/mol. The fraction of sp³-hybridized carbons (Fsp3) is 0.500. The first-order valence-corrected chi connectivity index (χ1v) is 7.33. The van der Waals surface area contributed by atoms with Gasteiger partial charge >= 0.3 is 0 Å². The largest absolute Gasteiger partial charge is 0.492 e. The molecule has 1 atom stereocenters. The van der Waals surface area contributed by atoms with Gasteiger partial charge in [-0.2, -0.15) is 0 Å². The van der Waals surface area contributed by atoms with E-state index >= 15 is 0 Å². The van der Waals surface area contributed by atoms with E-state index in [0.717, 1.165) is 25.9 Å². The van der Waals surface area contributed by atoms with Gasteiger partial charge in [-0.1, -0.05) is 23.7 Å². The molecule has 19 heavy (non-hydrogen) atoms.